The molecule has 1 heterocycles. The van der Waals surface area contributed by atoms with Gasteiger partial charge in [0.1, 0.15) is 5.75 Å². The molecule has 0 atom stereocenters. The fourth-order valence-electron chi connectivity index (χ4n) is 1.92. The van der Waals surface area contributed by atoms with Gasteiger partial charge in [0, 0.05) is 10.9 Å². The van der Waals surface area contributed by atoms with Crippen molar-refractivity contribution in [2.75, 3.05) is 18.7 Å². The van der Waals surface area contributed by atoms with Crippen molar-refractivity contribution in [2.24, 2.45) is 0 Å². The van der Waals surface area contributed by atoms with Crippen molar-refractivity contribution in [1.82, 2.24) is 4.72 Å². The average Bonchev–Trinajstić information content (AvgIpc) is 3.11. The Kier molecular flexibility index (Phi) is 2.25. The summed E-state index contributed by atoms with van der Waals surface area (Å²) in [4.78, 5) is 3.72. The second-order valence-corrected chi connectivity index (χ2v) is 4.87. The van der Waals surface area contributed by atoms with E-state index in [1.54, 1.807) is 19.1 Å². The SMILES string of the molecule is COc1ccc2c(c1)SNCN2C1CC1. The van der Waals surface area contributed by atoms with Crippen LogP contribution in [0.3, 0.4) is 0 Å². The molecular weight excluding hydrogens is 208 g/mol. The van der Waals surface area contributed by atoms with Crippen molar-refractivity contribution < 1.29 is 4.74 Å². The molecule has 1 aliphatic heterocycles. The van der Waals surface area contributed by atoms with Crippen LogP contribution in [0.15, 0.2) is 23.1 Å². The highest BCUT2D eigenvalue weighted by Crippen LogP contribution is 2.40. The molecule has 1 saturated carbocycles. The fraction of sp³-hybridized carbons (Fsp3) is 0.455. The molecule has 0 radical (unpaired) electrons. The van der Waals surface area contributed by atoms with Crippen LogP contribution in [-0.2, 0) is 0 Å². The van der Waals surface area contributed by atoms with Gasteiger partial charge in [-0.2, -0.15) is 0 Å². The second kappa shape index (κ2) is 3.61. The molecule has 1 aromatic rings. The van der Waals surface area contributed by atoms with Crippen LogP contribution in [0.1, 0.15) is 12.8 Å². The number of methoxy groups -OCH3 is 1. The Labute approximate surface area is 93.9 Å². The lowest BCUT2D eigenvalue weighted by atomic mass is 10.2. The van der Waals surface area contributed by atoms with Gasteiger partial charge in [-0.25, -0.2) is 4.72 Å². The summed E-state index contributed by atoms with van der Waals surface area (Å²) in [5.74, 6) is 0.931. The minimum atomic E-state index is 0.755. The third-order valence-corrected chi connectivity index (χ3v) is 3.70. The Morgan fingerprint density at radius 1 is 1.47 bits per heavy atom. The van der Waals surface area contributed by atoms with Gasteiger partial charge in [-0.15, -0.1) is 0 Å². The summed E-state index contributed by atoms with van der Waals surface area (Å²) in [5.41, 5.74) is 1.35. The molecule has 0 saturated heterocycles. The van der Waals surface area contributed by atoms with Gasteiger partial charge in [0.15, 0.2) is 0 Å². The van der Waals surface area contributed by atoms with Crippen molar-refractivity contribution >= 4 is 17.6 Å². The molecule has 0 amide bonds. The summed E-state index contributed by atoms with van der Waals surface area (Å²) in [6.07, 6.45) is 2.66. The Bertz CT molecular complexity index is 379. The zero-order valence-electron chi connectivity index (χ0n) is 8.69. The zero-order chi connectivity index (χ0) is 10.3. The van der Waals surface area contributed by atoms with Crippen LogP contribution >= 0.6 is 11.9 Å². The number of hydrogen-bond donors (Lipinski definition) is 1. The minimum Gasteiger partial charge on any atom is -0.497 e. The van der Waals surface area contributed by atoms with Crippen LogP contribution in [0.25, 0.3) is 0 Å². The van der Waals surface area contributed by atoms with Gasteiger partial charge in [-0.1, -0.05) is 0 Å². The van der Waals surface area contributed by atoms with E-state index in [2.05, 4.69) is 21.8 Å². The molecule has 4 heteroatoms. The summed E-state index contributed by atoms with van der Waals surface area (Å²) in [6.45, 7) is 0.953. The number of anilines is 1. The molecule has 0 aromatic heterocycles. The van der Waals surface area contributed by atoms with Crippen LogP contribution in [0, 0.1) is 0 Å². The molecule has 1 N–H and O–H groups in total. The maximum Gasteiger partial charge on any atom is 0.120 e. The molecule has 2 aliphatic rings. The van der Waals surface area contributed by atoms with E-state index in [4.69, 9.17) is 4.74 Å². The third-order valence-electron chi connectivity index (χ3n) is 2.88. The van der Waals surface area contributed by atoms with Crippen molar-refractivity contribution in [2.45, 2.75) is 23.8 Å². The predicted molar refractivity (Wildman–Crippen MR) is 62.4 cm³/mol. The normalized spacial score (nSPS) is 19.9. The van der Waals surface area contributed by atoms with Crippen molar-refractivity contribution in [3.05, 3.63) is 18.2 Å². The zero-order valence-corrected chi connectivity index (χ0v) is 9.51. The van der Waals surface area contributed by atoms with E-state index in [1.165, 1.54) is 23.4 Å². The smallest absolute Gasteiger partial charge is 0.120 e. The lowest BCUT2D eigenvalue weighted by molar-refractivity contribution is 0.413. The molecular formula is C11H14N2OS. The predicted octanol–water partition coefficient (Wildman–Crippen LogP) is 2.23. The van der Waals surface area contributed by atoms with Crippen LogP contribution in [0.4, 0.5) is 5.69 Å². The number of nitrogens with one attached hydrogen (secondary N) is 1. The summed E-state index contributed by atoms with van der Waals surface area (Å²) >= 11 is 1.70. The maximum atomic E-state index is 5.23. The molecule has 3 rings (SSSR count). The number of nitrogens with zero attached hydrogens (tertiary/aromatic N) is 1. The van der Waals surface area contributed by atoms with Crippen LogP contribution in [-0.4, -0.2) is 19.8 Å². The highest BCUT2D eigenvalue weighted by molar-refractivity contribution is 7.97. The van der Waals surface area contributed by atoms with Crippen molar-refractivity contribution in [3.63, 3.8) is 0 Å². The van der Waals surface area contributed by atoms with Gasteiger partial charge in [-0.3, -0.25) is 0 Å². The van der Waals surface area contributed by atoms with Gasteiger partial charge in [0.2, 0.25) is 0 Å². The monoisotopic (exact) mass is 222 g/mol. The van der Waals surface area contributed by atoms with Gasteiger partial charge in [0.05, 0.1) is 19.5 Å². The summed E-state index contributed by atoms with van der Waals surface area (Å²) in [7, 11) is 1.71. The Morgan fingerprint density at radius 3 is 3.07 bits per heavy atom. The lowest BCUT2D eigenvalue weighted by Crippen LogP contribution is -2.36. The topological polar surface area (TPSA) is 24.5 Å². The average molecular weight is 222 g/mol. The summed E-state index contributed by atoms with van der Waals surface area (Å²) in [5, 5.41) is 0. The Balaban J connectivity index is 1.96. The highest BCUT2D eigenvalue weighted by Gasteiger charge is 2.32. The first-order valence-electron chi connectivity index (χ1n) is 5.23. The first-order valence-corrected chi connectivity index (χ1v) is 6.04. The fourth-order valence-corrected chi connectivity index (χ4v) is 2.74. The van der Waals surface area contributed by atoms with Crippen molar-refractivity contribution in [1.29, 1.82) is 0 Å². The van der Waals surface area contributed by atoms with E-state index in [0.29, 0.717) is 0 Å². The van der Waals surface area contributed by atoms with Gasteiger partial charge in [-0.05, 0) is 43.0 Å². The van der Waals surface area contributed by atoms with E-state index in [9.17, 15) is 0 Å². The number of fused-ring (bicyclic) bond motifs is 1. The lowest BCUT2D eigenvalue weighted by Gasteiger charge is -2.31. The van der Waals surface area contributed by atoms with Crippen LogP contribution in [0.2, 0.25) is 0 Å². The molecule has 1 aliphatic carbocycles. The summed E-state index contributed by atoms with van der Waals surface area (Å²) in [6, 6.07) is 7.06. The number of ether oxygens (including phenoxy) is 1. The third kappa shape index (κ3) is 1.68. The number of benzene rings is 1. The molecule has 0 unspecified atom stereocenters. The van der Waals surface area contributed by atoms with Crippen LogP contribution < -0.4 is 14.4 Å². The second-order valence-electron chi connectivity index (χ2n) is 3.94. The summed E-state index contributed by atoms with van der Waals surface area (Å²) < 4.78 is 8.58. The standard InChI is InChI=1S/C11H14N2OS/c1-14-9-4-5-10-11(6-9)15-12-7-13(10)8-2-3-8/h4-6,8,12H,2-3,7H2,1H3. The molecule has 3 nitrogen and oxygen atoms in total. The first-order chi connectivity index (χ1) is 7.38. The van der Waals surface area contributed by atoms with Crippen molar-refractivity contribution in [3.8, 4) is 5.75 Å². The number of rotatable bonds is 2. The largest absolute Gasteiger partial charge is 0.497 e. The Morgan fingerprint density at radius 2 is 2.33 bits per heavy atom. The van der Waals surface area contributed by atoms with E-state index in [1.807, 2.05) is 6.07 Å². The van der Waals surface area contributed by atoms with E-state index in [-0.39, 0.29) is 0 Å². The highest BCUT2D eigenvalue weighted by atomic mass is 32.2. The van der Waals surface area contributed by atoms with Crippen LogP contribution in [0.5, 0.6) is 5.75 Å². The molecule has 15 heavy (non-hydrogen) atoms. The van der Waals surface area contributed by atoms with E-state index >= 15 is 0 Å². The molecule has 1 aromatic carbocycles. The van der Waals surface area contributed by atoms with E-state index < -0.39 is 0 Å². The molecule has 1 fully saturated rings. The maximum absolute atomic E-state index is 5.23. The minimum absolute atomic E-state index is 0.755. The van der Waals surface area contributed by atoms with Gasteiger partial charge >= 0.3 is 0 Å². The Hall–Kier alpha value is -0.870. The van der Waals surface area contributed by atoms with Gasteiger partial charge in [0.25, 0.3) is 0 Å². The van der Waals surface area contributed by atoms with E-state index in [0.717, 1.165) is 18.5 Å². The quantitative estimate of drug-likeness (QED) is 0.776. The number of hydrogen-bond acceptors (Lipinski definition) is 4. The molecule has 0 bridgehead atoms. The van der Waals surface area contributed by atoms with Gasteiger partial charge < -0.3 is 9.64 Å². The molecule has 0 spiro atoms. The molecule has 80 valence electrons. The first kappa shape index (κ1) is 9.36.